The molecule has 0 amide bonds. The number of hydrogen-bond donors (Lipinski definition) is 0. The van der Waals surface area contributed by atoms with Gasteiger partial charge >= 0.3 is 0 Å². The molecule has 0 N–H and O–H groups in total. The summed E-state index contributed by atoms with van der Waals surface area (Å²) in [6.45, 7) is 0. The molecule has 0 atom stereocenters. The Labute approximate surface area is 113 Å². The van der Waals surface area contributed by atoms with E-state index in [4.69, 9.17) is 0 Å². The summed E-state index contributed by atoms with van der Waals surface area (Å²) in [5.74, 6) is 0. The van der Waals surface area contributed by atoms with Gasteiger partial charge in [-0.3, -0.25) is 4.98 Å². The number of benzene rings is 1. The second-order valence-electron chi connectivity index (χ2n) is 3.83. The predicted molar refractivity (Wildman–Crippen MR) is 74.5 cm³/mol. The number of aromatic nitrogens is 3. The molecule has 0 bridgehead atoms. The van der Waals surface area contributed by atoms with Gasteiger partial charge < -0.3 is 0 Å². The number of hydrogen-bond acceptors (Lipinski definition) is 2. The number of pyridine rings is 1. The molecule has 0 spiro atoms. The Balaban J connectivity index is 1.97. The molecule has 0 radical (unpaired) electrons. The molecule has 0 unspecified atom stereocenters. The summed E-state index contributed by atoms with van der Waals surface area (Å²) >= 11 is 3.45. The van der Waals surface area contributed by atoms with E-state index in [0.29, 0.717) is 0 Å². The molecule has 3 nitrogen and oxygen atoms in total. The maximum Gasteiger partial charge on any atom is 0.109 e. The molecule has 2 heterocycles. The second kappa shape index (κ2) is 4.74. The van der Waals surface area contributed by atoms with Gasteiger partial charge in [-0.25, -0.2) is 4.68 Å². The molecule has 1 aromatic carbocycles. The lowest BCUT2D eigenvalue weighted by molar-refractivity contribution is 0.861. The molecule has 2 aromatic heterocycles. The summed E-state index contributed by atoms with van der Waals surface area (Å²) in [4.78, 5) is 4.33. The van der Waals surface area contributed by atoms with Gasteiger partial charge in [0.05, 0.1) is 17.6 Å². The normalized spacial score (nSPS) is 10.5. The lowest BCUT2D eigenvalue weighted by atomic mass is 10.1. The summed E-state index contributed by atoms with van der Waals surface area (Å²) < 4.78 is 2.77. The van der Waals surface area contributed by atoms with Crippen LogP contribution in [0.3, 0.4) is 0 Å². The van der Waals surface area contributed by atoms with E-state index in [2.05, 4.69) is 26.0 Å². The minimum absolute atomic E-state index is 0.938. The maximum atomic E-state index is 4.33. The highest BCUT2D eigenvalue weighted by Crippen LogP contribution is 2.20. The van der Waals surface area contributed by atoms with Gasteiger partial charge in [0, 0.05) is 11.8 Å². The van der Waals surface area contributed by atoms with Crippen molar-refractivity contribution in [3.05, 3.63) is 65.5 Å². The van der Waals surface area contributed by atoms with Crippen LogP contribution in [0.15, 0.2) is 65.5 Å². The first-order chi connectivity index (χ1) is 8.84. The molecule has 0 aliphatic carbocycles. The highest BCUT2D eigenvalue weighted by Gasteiger charge is 2.03. The molecule has 0 saturated heterocycles. The largest absolute Gasteiger partial charge is 0.256 e. The third-order valence-electron chi connectivity index (χ3n) is 2.67. The summed E-state index contributed by atoms with van der Waals surface area (Å²) in [6, 6.07) is 16.0. The zero-order chi connectivity index (χ0) is 12.4. The molecule has 4 heteroatoms. The molecule has 88 valence electrons. The van der Waals surface area contributed by atoms with Gasteiger partial charge in [0.25, 0.3) is 0 Å². The van der Waals surface area contributed by atoms with E-state index in [-0.39, 0.29) is 0 Å². The van der Waals surface area contributed by atoms with Crippen LogP contribution in [-0.4, -0.2) is 14.8 Å². The zero-order valence-corrected chi connectivity index (χ0v) is 11.1. The van der Waals surface area contributed by atoms with Gasteiger partial charge in [-0.2, -0.15) is 5.10 Å². The van der Waals surface area contributed by atoms with Crippen LogP contribution in [0.25, 0.3) is 16.9 Å². The monoisotopic (exact) mass is 299 g/mol. The Morgan fingerprint density at radius 3 is 2.33 bits per heavy atom. The van der Waals surface area contributed by atoms with Gasteiger partial charge in [0.1, 0.15) is 4.60 Å². The lowest BCUT2D eigenvalue weighted by Crippen LogP contribution is -1.95. The third-order valence-corrected chi connectivity index (χ3v) is 3.27. The molecule has 18 heavy (non-hydrogen) atoms. The Hall–Kier alpha value is -1.94. The van der Waals surface area contributed by atoms with Crippen LogP contribution in [0.2, 0.25) is 0 Å². The fourth-order valence-corrected chi connectivity index (χ4v) is 2.20. The van der Waals surface area contributed by atoms with Crippen LogP contribution in [0.1, 0.15) is 0 Å². The fraction of sp³-hybridized carbons (Fsp3) is 0. The van der Waals surface area contributed by atoms with E-state index in [9.17, 15) is 0 Å². The highest BCUT2D eigenvalue weighted by atomic mass is 79.9. The van der Waals surface area contributed by atoms with E-state index < -0.39 is 0 Å². The molecule has 3 aromatic rings. The van der Waals surface area contributed by atoms with E-state index in [1.807, 2.05) is 53.2 Å². The molecule has 0 aliphatic heterocycles. The quantitative estimate of drug-likeness (QED) is 0.722. The third kappa shape index (κ3) is 2.07. The predicted octanol–water partition coefficient (Wildman–Crippen LogP) is 3.70. The average molecular weight is 300 g/mol. The summed E-state index contributed by atoms with van der Waals surface area (Å²) in [5.41, 5.74) is 3.10. The van der Waals surface area contributed by atoms with Gasteiger partial charge in [-0.05, 0) is 46.3 Å². The van der Waals surface area contributed by atoms with Crippen molar-refractivity contribution < 1.29 is 0 Å². The first-order valence-corrected chi connectivity index (χ1v) is 6.35. The van der Waals surface area contributed by atoms with Gasteiger partial charge in [-0.1, -0.05) is 18.2 Å². The van der Waals surface area contributed by atoms with Crippen LogP contribution in [0, 0.1) is 0 Å². The van der Waals surface area contributed by atoms with Crippen LogP contribution in [0.4, 0.5) is 0 Å². The van der Waals surface area contributed by atoms with E-state index >= 15 is 0 Å². The van der Waals surface area contributed by atoms with Crippen molar-refractivity contribution in [3.8, 4) is 16.9 Å². The van der Waals surface area contributed by atoms with E-state index in [0.717, 1.165) is 21.5 Å². The first-order valence-electron chi connectivity index (χ1n) is 5.56. The van der Waals surface area contributed by atoms with Crippen molar-refractivity contribution in [1.29, 1.82) is 0 Å². The standard InChI is InChI=1S/C14H10BrN3/c15-14-8-10-17-18(14)12-6-4-11(5-7-12)13-3-1-2-9-16-13/h1-10H. The first kappa shape index (κ1) is 11.2. The molecular weight excluding hydrogens is 290 g/mol. The van der Waals surface area contributed by atoms with E-state index in [1.54, 1.807) is 12.4 Å². The van der Waals surface area contributed by atoms with Crippen molar-refractivity contribution in [2.75, 3.05) is 0 Å². The molecule has 0 fully saturated rings. The van der Waals surface area contributed by atoms with Gasteiger partial charge in [0.15, 0.2) is 0 Å². The topological polar surface area (TPSA) is 30.7 Å². The molecule has 0 saturated carbocycles. The Morgan fingerprint density at radius 2 is 1.72 bits per heavy atom. The minimum atomic E-state index is 0.938. The lowest BCUT2D eigenvalue weighted by Gasteiger charge is -2.05. The molecule has 0 aliphatic rings. The van der Waals surface area contributed by atoms with Gasteiger partial charge in [-0.15, -0.1) is 0 Å². The fourth-order valence-electron chi connectivity index (χ4n) is 1.78. The average Bonchev–Trinajstić information content (AvgIpc) is 2.86. The highest BCUT2D eigenvalue weighted by molar-refractivity contribution is 9.10. The summed E-state index contributed by atoms with van der Waals surface area (Å²) in [7, 11) is 0. The summed E-state index contributed by atoms with van der Waals surface area (Å²) in [6.07, 6.45) is 3.56. The Kier molecular flexibility index (Phi) is 2.94. The van der Waals surface area contributed by atoms with Crippen molar-refractivity contribution in [2.24, 2.45) is 0 Å². The van der Waals surface area contributed by atoms with E-state index in [1.165, 1.54) is 0 Å². The van der Waals surface area contributed by atoms with Crippen LogP contribution >= 0.6 is 15.9 Å². The summed E-state index contributed by atoms with van der Waals surface area (Å²) in [5, 5.41) is 4.24. The maximum absolute atomic E-state index is 4.33. The van der Waals surface area contributed by atoms with Crippen molar-refractivity contribution in [2.45, 2.75) is 0 Å². The van der Waals surface area contributed by atoms with Crippen molar-refractivity contribution >= 4 is 15.9 Å². The zero-order valence-electron chi connectivity index (χ0n) is 9.49. The van der Waals surface area contributed by atoms with Crippen LogP contribution < -0.4 is 0 Å². The minimum Gasteiger partial charge on any atom is -0.256 e. The SMILES string of the molecule is Brc1ccnn1-c1ccc(-c2ccccn2)cc1. The molecule has 3 rings (SSSR count). The van der Waals surface area contributed by atoms with Gasteiger partial charge in [0.2, 0.25) is 0 Å². The van der Waals surface area contributed by atoms with Crippen molar-refractivity contribution in [3.63, 3.8) is 0 Å². The number of nitrogens with zero attached hydrogens (tertiary/aromatic N) is 3. The number of halogens is 1. The Bertz CT molecular complexity index is 644. The number of rotatable bonds is 2. The van der Waals surface area contributed by atoms with Crippen molar-refractivity contribution in [1.82, 2.24) is 14.8 Å². The second-order valence-corrected chi connectivity index (χ2v) is 4.64. The Morgan fingerprint density at radius 1 is 0.889 bits per heavy atom. The van der Waals surface area contributed by atoms with Crippen LogP contribution in [-0.2, 0) is 0 Å². The van der Waals surface area contributed by atoms with Crippen LogP contribution in [0.5, 0.6) is 0 Å². The molecular formula is C14H10BrN3. The smallest absolute Gasteiger partial charge is 0.109 e.